The topological polar surface area (TPSA) is 76.6 Å². The van der Waals surface area contributed by atoms with E-state index in [9.17, 15) is 4.79 Å². The number of aromatic nitrogens is 2. The van der Waals surface area contributed by atoms with Gasteiger partial charge in [-0.15, -0.1) is 5.10 Å². The molecule has 1 saturated heterocycles. The second kappa shape index (κ2) is 6.35. The van der Waals surface area contributed by atoms with Gasteiger partial charge in [0.15, 0.2) is 17.3 Å². The van der Waals surface area contributed by atoms with Gasteiger partial charge in [0.05, 0.1) is 5.92 Å². The summed E-state index contributed by atoms with van der Waals surface area (Å²) in [6.45, 7) is 1.77. The maximum atomic E-state index is 12.6. The second-order valence-corrected chi connectivity index (χ2v) is 5.92. The first-order valence-electron chi connectivity index (χ1n) is 8.03. The number of rotatable bonds is 3. The van der Waals surface area contributed by atoms with Crippen LogP contribution in [0.25, 0.3) is 0 Å². The number of piperidine rings is 1. The largest absolute Gasteiger partial charge is 0.454 e. The number of carbonyl (C=O) groups is 1. The van der Waals surface area contributed by atoms with Gasteiger partial charge in [0.25, 0.3) is 0 Å². The van der Waals surface area contributed by atoms with Crippen molar-refractivity contribution in [1.82, 2.24) is 10.2 Å². The predicted molar refractivity (Wildman–Crippen MR) is 88.2 cm³/mol. The molecule has 0 bridgehead atoms. The van der Waals surface area contributed by atoms with Gasteiger partial charge in [-0.3, -0.25) is 4.79 Å². The summed E-state index contributed by atoms with van der Waals surface area (Å²) in [6.07, 6.45) is 3.47. The number of hydrogen-bond donors (Lipinski definition) is 1. The molecule has 1 amide bonds. The van der Waals surface area contributed by atoms with Gasteiger partial charge in [-0.1, -0.05) is 0 Å². The van der Waals surface area contributed by atoms with E-state index in [1.165, 1.54) is 0 Å². The Morgan fingerprint density at radius 3 is 3.04 bits per heavy atom. The number of hydrogen-bond acceptors (Lipinski definition) is 6. The van der Waals surface area contributed by atoms with Crippen molar-refractivity contribution >= 4 is 17.4 Å². The van der Waals surface area contributed by atoms with Gasteiger partial charge in [0.1, 0.15) is 0 Å². The molecule has 3 heterocycles. The van der Waals surface area contributed by atoms with Crippen LogP contribution >= 0.6 is 0 Å². The Labute approximate surface area is 139 Å². The minimum Gasteiger partial charge on any atom is -0.454 e. The average molecular weight is 326 g/mol. The monoisotopic (exact) mass is 326 g/mol. The van der Waals surface area contributed by atoms with E-state index in [1.54, 1.807) is 12.3 Å². The zero-order chi connectivity index (χ0) is 16.4. The zero-order valence-electron chi connectivity index (χ0n) is 13.1. The molecule has 1 aromatic carbocycles. The van der Waals surface area contributed by atoms with Gasteiger partial charge in [-0.05, 0) is 37.1 Å². The van der Waals surface area contributed by atoms with Gasteiger partial charge < -0.3 is 19.7 Å². The predicted octanol–water partition coefficient (Wildman–Crippen LogP) is 2.06. The third kappa shape index (κ3) is 2.97. The molecule has 2 aliphatic heterocycles. The molecule has 7 heteroatoms. The molecule has 1 atom stereocenters. The first-order valence-corrected chi connectivity index (χ1v) is 8.03. The lowest BCUT2D eigenvalue weighted by Gasteiger charge is -2.32. The van der Waals surface area contributed by atoms with Crippen LogP contribution < -0.4 is 19.7 Å². The van der Waals surface area contributed by atoms with Crippen molar-refractivity contribution in [2.45, 2.75) is 12.8 Å². The number of anilines is 2. The van der Waals surface area contributed by atoms with Crippen molar-refractivity contribution in [3.8, 4) is 11.5 Å². The summed E-state index contributed by atoms with van der Waals surface area (Å²) in [5.41, 5.74) is 0.723. The fourth-order valence-electron chi connectivity index (χ4n) is 3.08. The van der Waals surface area contributed by atoms with Crippen LogP contribution in [-0.4, -0.2) is 36.0 Å². The highest BCUT2D eigenvalue weighted by Crippen LogP contribution is 2.34. The Bertz CT molecular complexity index is 738. The highest BCUT2D eigenvalue weighted by molar-refractivity contribution is 5.93. The summed E-state index contributed by atoms with van der Waals surface area (Å²) in [6, 6.07) is 9.21. The Morgan fingerprint density at radius 1 is 1.25 bits per heavy atom. The van der Waals surface area contributed by atoms with Crippen LogP contribution in [0.2, 0.25) is 0 Å². The van der Waals surface area contributed by atoms with E-state index in [0.29, 0.717) is 18.0 Å². The van der Waals surface area contributed by atoms with Crippen LogP contribution in [0.4, 0.5) is 11.5 Å². The minimum absolute atomic E-state index is 0.0162. The van der Waals surface area contributed by atoms with Crippen molar-refractivity contribution in [1.29, 1.82) is 0 Å². The fraction of sp³-hybridized carbons (Fsp3) is 0.353. The van der Waals surface area contributed by atoms with Crippen LogP contribution in [0.1, 0.15) is 12.8 Å². The van der Waals surface area contributed by atoms with Crippen molar-refractivity contribution in [2.24, 2.45) is 5.92 Å². The highest BCUT2D eigenvalue weighted by Gasteiger charge is 2.27. The van der Waals surface area contributed by atoms with Gasteiger partial charge in [0.2, 0.25) is 12.7 Å². The molecular weight excluding hydrogens is 308 g/mol. The quantitative estimate of drug-likeness (QED) is 0.930. The molecule has 1 fully saturated rings. The first kappa shape index (κ1) is 14.7. The van der Waals surface area contributed by atoms with E-state index in [0.717, 1.165) is 30.9 Å². The molecule has 1 unspecified atom stereocenters. The smallest absolute Gasteiger partial charge is 0.231 e. The van der Waals surface area contributed by atoms with E-state index in [4.69, 9.17) is 9.47 Å². The van der Waals surface area contributed by atoms with Crippen molar-refractivity contribution in [3.63, 3.8) is 0 Å². The molecule has 4 rings (SSSR count). The van der Waals surface area contributed by atoms with Crippen LogP contribution in [0.15, 0.2) is 36.5 Å². The van der Waals surface area contributed by atoms with E-state index in [1.807, 2.05) is 24.3 Å². The van der Waals surface area contributed by atoms with Gasteiger partial charge >= 0.3 is 0 Å². The molecule has 2 aliphatic rings. The molecule has 124 valence electrons. The van der Waals surface area contributed by atoms with E-state index in [2.05, 4.69) is 20.4 Å². The number of nitrogens with one attached hydrogen (secondary N) is 1. The third-order valence-electron chi connectivity index (χ3n) is 4.31. The molecule has 1 aromatic heterocycles. The molecular formula is C17H18N4O3. The van der Waals surface area contributed by atoms with E-state index in [-0.39, 0.29) is 18.6 Å². The summed E-state index contributed by atoms with van der Waals surface area (Å²) in [5.74, 6) is 2.13. The molecule has 24 heavy (non-hydrogen) atoms. The normalized spacial score (nSPS) is 19.2. The number of ether oxygens (including phenoxy) is 2. The summed E-state index contributed by atoms with van der Waals surface area (Å²) in [5, 5.41) is 11.0. The van der Waals surface area contributed by atoms with Gasteiger partial charge in [0, 0.05) is 31.0 Å². The molecule has 0 aliphatic carbocycles. The number of amides is 1. The molecule has 1 N–H and O–H groups in total. The number of nitrogens with zero attached hydrogens (tertiary/aromatic N) is 3. The number of benzene rings is 1. The molecule has 2 aromatic rings. The lowest BCUT2D eigenvalue weighted by molar-refractivity contribution is -0.120. The summed E-state index contributed by atoms with van der Waals surface area (Å²) in [7, 11) is 0. The Hall–Kier alpha value is -2.83. The third-order valence-corrected chi connectivity index (χ3v) is 4.31. The fourth-order valence-corrected chi connectivity index (χ4v) is 3.08. The van der Waals surface area contributed by atoms with Crippen LogP contribution in [0.5, 0.6) is 11.5 Å². The van der Waals surface area contributed by atoms with Crippen LogP contribution in [0.3, 0.4) is 0 Å². The molecule has 7 nitrogen and oxygen atoms in total. The lowest BCUT2D eigenvalue weighted by Crippen LogP contribution is -2.41. The Balaban J connectivity index is 1.42. The summed E-state index contributed by atoms with van der Waals surface area (Å²) >= 11 is 0. The van der Waals surface area contributed by atoms with Crippen LogP contribution in [-0.2, 0) is 4.79 Å². The first-order chi connectivity index (χ1) is 11.8. The maximum Gasteiger partial charge on any atom is 0.231 e. The second-order valence-electron chi connectivity index (χ2n) is 5.92. The van der Waals surface area contributed by atoms with Crippen molar-refractivity contribution in [3.05, 3.63) is 36.5 Å². The zero-order valence-corrected chi connectivity index (χ0v) is 13.1. The lowest BCUT2D eigenvalue weighted by atomic mass is 9.97. The number of fused-ring (bicyclic) bond motifs is 1. The summed E-state index contributed by atoms with van der Waals surface area (Å²) < 4.78 is 10.6. The molecule has 0 radical (unpaired) electrons. The van der Waals surface area contributed by atoms with E-state index >= 15 is 0 Å². The van der Waals surface area contributed by atoms with Gasteiger partial charge in [-0.25, -0.2) is 0 Å². The highest BCUT2D eigenvalue weighted by atomic mass is 16.7. The standard InChI is InChI=1S/C17H18N4O3/c22-17(19-13-5-6-14-15(9-13)24-11-23-14)12-3-2-8-21(10-12)16-4-1-7-18-20-16/h1,4-7,9,12H,2-3,8,10-11H2,(H,19,22). The van der Waals surface area contributed by atoms with Gasteiger partial charge in [-0.2, -0.15) is 5.10 Å². The Morgan fingerprint density at radius 2 is 2.17 bits per heavy atom. The maximum absolute atomic E-state index is 12.6. The number of carbonyl (C=O) groups excluding carboxylic acids is 1. The van der Waals surface area contributed by atoms with E-state index < -0.39 is 0 Å². The van der Waals surface area contributed by atoms with Crippen LogP contribution in [0, 0.1) is 5.92 Å². The van der Waals surface area contributed by atoms with Crippen molar-refractivity contribution < 1.29 is 14.3 Å². The minimum atomic E-state index is -0.0776. The molecule has 0 saturated carbocycles. The Kier molecular flexibility index (Phi) is 3.90. The SMILES string of the molecule is O=C(Nc1ccc2c(c1)OCO2)C1CCCN(c2cccnn2)C1. The average Bonchev–Trinajstić information content (AvgIpc) is 3.10. The molecule has 0 spiro atoms. The summed E-state index contributed by atoms with van der Waals surface area (Å²) in [4.78, 5) is 14.7. The van der Waals surface area contributed by atoms with Crippen molar-refractivity contribution in [2.75, 3.05) is 30.1 Å².